The van der Waals surface area contributed by atoms with Crippen LogP contribution >= 0.6 is 23.8 Å². The normalized spacial score (nSPS) is 10.6. The monoisotopic (exact) mass is 378 g/mol. The van der Waals surface area contributed by atoms with Crippen molar-refractivity contribution in [1.29, 1.82) is 0 Å². The Kier molecular flexibility index (Phi) is 5.36. The number of hydrogen-bond donors (Lipinski definition) is 0. The van der Waals surface area contributed by atoms with Gasteiger partial charge in [0.2, 0.25) is 0 Å². The highest BCUT2D eigenvalue weighted by Gasteiger charge is 2.21. The second kappa shape index (κ2) is 7.53. The molecule has 0 aromatic heterocycles. The van der Waals surface area contributed by atoms with Gasteiger partial charge in [-0.1, -0.05) is 78.4 Å². The van der Waals surface area contributed by atoms with Crippen LogP contribution in [-0.2, 0) is 0 Å². The molecule has 0 spiro atoms. The van der Waals surface area contributed by atoms with Crippen LogP contribution in [0.2, 0.25) is 5.02 Å². The highest BCUT2D eigenvalue weighted by atomic mass is 35.5. The van der Waals surface area contributed by atoms with E-state index in [1.807, 2.05) is 81.4 Å². The average molecular weight is 379 g/mol. The highest BCUT2D eigenvalue weighted by molar-refractivity contribution is 7.81. The lowest BCUT2D eigenvalue weighted by molar-refractivity contribution is 0.103. The molecule has 0 amide bonds. The van der Waals surface area contributed by atoms with Gasteiger partial charge in [0.05, 0.1) is 4.86 Å². The van der Waals surface area contributed by atoms with Crippen LogP contribution < -0.4 is 0 Å². The summed E-state index contributed by atoms with van der Waals surface area (Å²) in [6.45, 7) is 5.89. The van der Waals surface area contributed by atoms with Gasteiger partial charge in [-0.25, -0.2) is 0 Å². The minimum Gasteiger partial charge on any atom is -0.289 e. The van der Waals surface area contributed by atoms with E-state index in [4.69, 9.17) is 23.8 Å². The lowest BCUT2D eigenvalue weighted by atomic mass is 9.89. The van der Waals surface area contributed by atoms with E-state index >= 15 is 0 Å². The van der Waals surface area contributed by atoms with E-state index < -0.39 is 0 Å². The van der Waals surface area contributed by atoms with Crippen LogP contribution in [0.4, 0.5) is 0 Å². The van der Waals surface area contributed by atoms with Crippen molar-refractivity contribution in [1.82, 2.24) is 0 Å². The Morgan fingerprint density at radius 1 is 0.731 bits per heavy atom. The molecule has 0 N–H and O–H groups in total. The van der Waals surface area contributed by atoms with E-state index in [-0.39, 0.29) is 5.78 Å². The van der Waals surface area contributed by atoms with Crippen molar-refractivity contribution >= 4 is 34.5 Å². The molecule has 0 bridgehead atoms. The van der Waals surface area contributed by atoms with Gasteiger partial charge in [-0.2, -0.15) is 0 Å². The number of hydrogen-bond acceptors (Lipinski definition) is 2. The van der Waals surface area contributed by atoms with Crippen molar-refractivity contribution in [3.8, 4) is 0 Å². The van der Waals surface area contributed by atoms with Gasteiger partial charge in [0.15, 0.2) is 5.78 Å². The third-order valence-electron chi connectivity index (χ3n) is 4.57. The van der Waals surface area contributed by atoms with Gasteiger partial charge in [0.1, 0.15) is 0 Å². The Morgan fingerprint density at radius 3 is 1.81 bits per heavy atom. The number of rotatable bonds is 4. The summed E-state index contributed by atoms with van der Waals surface area (Å²) in [7, 11) is 0. The Bertz CT molecular complexity index is 897. The first-order valence-electron chi connectivity index (χ1n) is 8.41. The van der Waals surface area contributed by atoms with Crippen LogP contribution in [-0.4, -0.2) is 10.6 Å². The smallest absolute Gasteiger partial charge is 0.194 e. The molecule has 0 aliphatic carbocycles. The quantitative estimate of drug-likeness (QED) is 0.393. The van der Waals surface area contributed by atoms with Gasteiger partial charge in [-0.15, -0.1) is 0 Å². The van der Waals surface area contributed by atoms with E-state index in [1.54, 1.807) is 0 Å². The van der Waals surface area contributed by atoms with Crippen LogP contribution in [0.5, 0.6) is 0 Å². The summed E-state index contributed by atoms with van der Waals surface area (Å²) in [5.74, 6) is -0.0109. The lowest BCUT2D eigenvalue weighted by Gasteiger charge is -2.15. The van der Waals surface area contributed by atoms with Crippen molar-refractivity contribution in [2.75, 3.05) is 0 Å². The molecule has 0 aliphatic heterocycles. The SMILES string of the molecule is Cc1cccc(C)c1C(=O)c1ccccc1C(=S)c1c(C)cccc1Cl. The summed E-state index contributed by atoms with van der Waals surface area (Å²) in [5.41, 5.74) is 5.82. The second-order valence-electron chi connectivity index (χ2n) is 6.40. The van der Waals surface area contributed by atoms with Crippen molar-refractivity contribution in [2.24, 2.45) is 0 Å². The minimum absolute atomic E-state index is 0.0109. The van der Waals surface area contributed by atoms with Crippen molar-refractivity contribution in [3.05, 3.63) is 105 Å². The maximum atomic E-state index is 13.3. The molecular weight excluding hydrogens is 360 g/mol. The number of thiocarbonyl (C=S) groups is 1. The zero-order valence-corrected chi connectivity index (χ0v) is 16.5. The van der Waals surface area contributed by atoms with E-state index in [0.29, 0.717) is 15.5 Å². The van der Waals surface area contributed by atoms with Crippen molar-refractivity contribution in [3.63, 3.8) is 0 Å². The molecule has 0 radical (unpaired) electrons. The molecule has 0 fully saturated rings. The Morgan fingerprint density at radius 2 is 1.23 bits per heavy atom. The molecule has 0 aliphatic rings. The van der Waals surface area contributed by atoms with Crippen LogP contribution in [0.1, 0.15) is 43.7 Å². The zero-order valence-electron chi connectivity index (χ0n) is 15.0. The lowest BCUT2D eigenvalue weighted by Crippen LogP contribution is -2.13. The molecule has 3 aromatic carbocycles. The topological polar surface area (TPSA) is 17.1 Å². The summed E-state index contributed by atoms with van der Waals surface area (Å²) in [6.07, 6.45) is 0. The van der Waals surface area contributed by atoms with Gasteiger partial charge in [0, 0.05) is 27.3 Å². The molecule has 0 saturated heterocycles. The predicted octanol–water partition coefficient (Wildman–Crippen LogP) is 6.26. The Hall–Kier alpha value is -2.29. The molecule has 0 saturated carbocycles. The van der Waals surface area contributed by atoms with E-state index in [9.17, 15) is 4.79 Å². The van der Waals surface area contributed by atoms with Crippen molar-refractivity contribution < 1.29 is 4.79 Å². The molecule has 1 nitrogen and oxygen atoms in total. The fourth-order valence-corrected chi connectivity index (χ4v) is 4.06. The molecule has 130 valence electrons. The third-order valence-corrected chi connectivity index (χ3v) is 5.31. The van der Waals surface area contributed by atoms with Crippen LogP contribution in [0.25, 0.3) is 0 Å². The summed E-state index contributed by atoms with van der Waals surface area (Å²) in [4.78, 5) is 13.9. The van der Waals surface area contributed by atoms with E-state index in [1.165, 1.54) is 0 Å². The van der Waals surface area contributed by atoms with Gasteiger partial charge in [-0.3, -0.25) is 4.79 Å². The molecule has 0 atom stereocenters. The zero-order chi connectivity index (χ0) is 18.8. The number of carbonyl (C=O) groups is 1. The maximum absolute atomic E-state index is 13.3. The number of benzene rings is 3. The highest BCUT2D eigenvalue weighted by Crippen LogP contribution is 2.27. The largest absolute Gasteiger partial charge is 0.289 e. The molecule has 0 unspecified atom stereocenters. The number of halogens is 1. The average Bonchev–Trinajstić information content (AvgIpc) is 2.61. The minimum atomic E-state index is -0.0109. The first kappa shape index (κ1) is 18.5. The third kappa shape index (κ3) is 3.35. The van der Waals surface area contributed by atoms with Gasteiger partial charge in [0.25, 0.3) is 0 Å². The fraction of sp³-hybridized carbons (Fsp3) is 0.130. The fourth-order valence-electron chi connectivity index (χ4n) is 3.24. The first-order valence-corrected chi connectivity index (χ1v) is 9.20. The van der Waals surface area contributed by atoms with Gasteiger partial charge < -0.3 is 0 Å². The Balaban J connectivity index is 2.16. The standard InChI is InChI=1S/C23H19ClOS/c1-14-8-6-9-15(2)20(14)22(25)17-11-4-5-12-18(17)23(26)21-16(3)10-7-13-19(21)24/h4-13H,1-3H3. The summed E-state index contributed by atoms with van der Waals surface area (Å²) >= 11 is 12.1. The molecule has 3 heteroatoms. The summed E-state index contributed by atoms with van der Waals surface area (Å²) in [6, 6.07) is 19.1. The number of ketones is 1. The molecule has 3 rings (SSSR count). The van der Waals surface area contributed by atoms with E-state index in [2.05, 4.69) is 0 Å². The first-order chi connectivity index (χ1) is 12.4. The number of aryl methyl sites for hydroxylation is 3. The van der Waals surface area contributed by atoms with Gasteiger partial charge in [-0.05, 0) is 43.5 Å². The van der Waals surface area contributed by atoms with Gasteiger partial charge >= 0.3 is 0 Å². The Labute approximate surface area is 164 Å². The van der Waals surface area contributed by atoms with Crippen LogP contribution in [0.3, 0.4) is 0 Å². The summed E-state index contributed by atoms with van der Waals surface area (Å²) < 4.78 is 0. The van der Waals surface area contributed by atoms with Crippen LogP contribution in [0.15, 0.2) is 60.7 Å². The maximum Gasteiger partial charge on any atom is 0.194 e. The van der Waals surface area contributed by atoms with E-state index in [0.717, 1.165) is 33.4 Å². The molecule has 3 aromatic rings. The van der Waals surface area contributed by atoms with Crippen molar-refractivity contribution in [2.45, 2.75) is 20.8 Å². The predicted molar refractivity (Wildman–Crippen MR) is 113 cm³/mol. The molecule has 26 heavy (non-hydrogen) atoms. The molecular formula is C23H19ClOS. The van der Waals surface area contributed by atoms with Crippen LogP contribution in [0, 0.1) is 20.8 Å². The summed E-state index contributed by atoms with van der Waals surface area (Å²) in [5, 5.41) is 0.601. The number of carbonyl (C=O) groups excluding carboxylic acids is 1. The molecule has 0 heterocycles. The second-order valence-corrected chi connectivity index (χ2v) is 7.22.